The Labute approximate surface area is 88.7 Å². The highest BCUT2D eigenvalue weighted by molar-refractivity contribution is 7.09. The van der Waals surface area contributed by atoms with Crippen LogP contribution in [0.25, 0.3) is 0 Å². The van der Waals surface area contributed by atoms with E-state index in [1.165, 1.54) is 25.0 Å². The first-order chi connectivity index (χ1) is 6.88. The number of nitrogens with zero attached hydrogens (tertiary/aromatic N) is 1. The van der Waals surface area contributed by atoms with E-state index in [1.54, 1.807) is 11.3 Å². The maximum absolute atomic E-state index is 5.47. The largest absolute Gasteiger partial charge is 0.330 e. The molecule has 78 valence electrons. The average molecular weight is 211 g/mol. The smallest absolute Gasteiger partial charge is 0.0941 e. The molecule has 1 aliphatic carbocycles. The lowest BCUT2D eigenvalue weighted by molar-refractivity contribution is 0.337. The second kappa shape index (κ2) is 4.87. The molecule has 3 N–H and O–H groups in total. The van der Waals surface area contributed by atoms with Crippen molar-refractivity contribution in [2.45, 2.75) is 38.3 Å². The number of nitrogens with one attached hydrogen (secondary N) is 1. The molecule has 0 spiro atoms. The van der Waals surface area contributed by atoms with Crippen LogP contribution in [0.2, 0.25) is 0 Å². The third-order valence-electron chi connectivity index (χ3n) is 2.63. The molecule has 0 unspecified atom stereocenters. The molecule has 2 rings (SSSR count). The van der Waals surface area contributed by atoms with Gasteiger partial charge in [-0.3, -0.25) is 0 Å². The zero-order chi connectivity index (χ0) is 9.80. The molecule has 1 aromatic heterocycles. The minimum absolute atomic E-state index is 0.697. The molecule has 4 heteroatoms. The van der Waals surface area contributed by atoms with Crippen LogP contribution in [0, 0.1) is 0 Å². The standard InChI is InChI=1S/C10H17N3S/c11-5-4-10-13-9(7-14-10)6-12-8-2-1-3-8/h7-8,12H,1-6,11H2. The topological polar surface area (TPSA) is 50.9 Å². The Morgan fingerprint density at radius 2 is 2.43 bits per heavy atom. The Morgan fingerprint density at radius 3 is 3.07 bits per heavy atom. The van der Waals surface area contributed by atoms with Gasteiger partial charge < -0.3 is 11.1 Å². The van der Waals surface area contributed by atoms with Gasteiger partial charge in [0.1, 0.15) is 0 Å². The first kappa shape index (κ1) is 10.1. The van der Waals surface area contributed by atoms with Crippen LogP contribution in [0.3, 0.4) is 0 Å². The van der Waals surface area contributed by atoms with Gasteiger partial charge in [-0.05, 0) is 19.4 Å². The van der Waals surface area contributed by atoms with Crippen LogP contribution in [-0.4, -0.2) is 17.6 Å². The number of aromatic nitrogens is 1. The molecule has 0 radical (unpaired) electrons. The highest BCUT2D eigenvalue weighted by atomic mass is 32.1. The van der Waals surface area contributed by atoms with Crippen molar-refractivity contribution in [2.24, 2.45) is 5.73 Å². The van der Waals surface area contributed by atoms with Gasteiger partial charge in [-0.2, -0.15) is 0 Å². The fourth-order valence-electron chi connectivity index (χ4n) is 1.53. The Bertz CT molecular complexity index is 281. The van der Waals surface area contributed by atoms with Crippen molar-refractivity contribution in [3.8, 4) is 0 Å². The maximum Gasteiger partial charge on any atom is 0.0941 e. The van der Waals surface area contributed by atoms with Crippen molar-refractivity contribution in [1.82, 2.24) is 10.3 Å². The molecule has 0 saturated heterocycles. The van der Waals surface area contributed by atoms with Gasteiger partial charge >= 0.3 is 0 Å². The van der Waals surface area contributed by atoms with Crippen molar-refractivity contribution in [3.63, 3.8) is 0 Å². The summed E-state index contributed by atoms with van der Waals surface area (Å²) >= 11 is 1.72. The van der Waals surface area contributed by atoms with E-state index in [-0.39, 0.29) is 0 Å². The molecule has 0 bridgehead atoms. The minimum Gasteiger partial charge on any atom is -0.330 e. The quantitative estimate of drug-likeness (QED) is 0.771. The van der Waals surface area contributed by atoms with E-state index in [0.29, 0.717) is 6.54 Å². The summed E-state index contributed by atoms with van der Waals surface area (Å²) in [7, 11) is 0. The zero-order valence-electron chi connectivity index (χ0n) is 8.33. The summed E-state index contributed by atoms with van der Waals surface area (Å²) in [5, 5.41) is 6.80. The lowest BCUT2D eigenvalue weighted by atomic mass is 9.93. The summed E-state index contributed by atoms with van der Waals surface area (Å²) in [6.45, 7) is 1.62. The van der Waals surface area contributed by atoms with E-state index in [2.05, 4.69) is 15.7 Å². The van der Waals surface area contributed by atoms with Crippen molar-refractivity contribution < 1.29 is 0 Å². The van der Waals surface area contributed by atoms with E-state index >= 15 is 0 Å². The second-order valence-corrected chi connectivity index (χ2v) is 4.72. The number of nitrogens with two attached hydrogens (primary N) is 1. The molecule has 14 heavy (non-hydrogen) atoms. The Balaban J connectivity index is 1.77. The lowest BCUT2D eigenvalue weighted by Crippen LogP contribution is -2.34. The molecular weight excluding hydrogens is 194 g/mol. The maximum atomic E-state index is 5.47. The van der Waals surface area contributed by atoms with Crippen LogP contribution in [0.15, 0.2) is 5.38 Å². The summed E-state index contributed by atoms with van der Waals surface area (Å²) in [6.07, 6.45) is 4.96. The Kier molecular flexibility index (Phi) is 3.50. The molecule has 1 heterocycles. The van der Waals surface area contributed by atoms with Gasteiger partial charge in [-0.15, -0.1) is 11.3 Å². The van der Waals surface area contributed by atoms with Gasteiger partial charge in [-0.25, -0.2) is 4.98 Å². The summed E-state index contributed by atoms with van der Waals surface area (Å²) in [6, 6.07) is 0.745. The number of rotatable bonds is 5. The van der Waals surface area contributed by atoms with E-state index in [4.69, 9.17) is 5.73 Å². The molecule has 1 fully saturated rings. The van der Waals surface area contributed by atoms with E-state index in [9.17, 15) is 0 Å². The third-order valence-corrected chi connectivity index (χ3v) is 3.59. The predicted molar refractivity (Wildman–Crippen MR) is 59.4 cm³/mol. The van der Waals surface area contributed by atoms with E-state index in [0.717, 1.165) is 24.0 Å². The Hall–Kier alpha value is -0.450. The second-order valence-electron chi connectivity index (χ2n) is 3.78. The molecule has 1 aromatic rings. The van der Waals surface area contributed by atoms with Crippen LogP contribution in [0.4, 0.5) is 0 Å². The first-order valence-electron chi connectivity index (χ1n) is 5.25. The average Bonchev–Trinajstić information content (AvgIpc) is 2.51. The molecule has 0 aromatic carbocycles. The third kappa shape index (κ3) is 2.53. The fraction of sp³-hybridized carbons (Fsp3) is 0.700. The van der Waals surface area contributed by atoms with Crippen LogP contribution < -0.4 is 11.1 Å². The zero-order valence-corrected chi connectivity index (χ0v) is 9.15. The number of hydrogen-bond acceptors (Lipinski definition) is 4. The van der Waals surface area contributed by atoms with Gasteiger partial charge in [0, 0.05) is 24.4 Å². The molecular formula is C10H17N3S. The normalized spacial score (nSPS) is 16.9. The van der Waals surface area contributed by atoms with E-state index < -0.39 is 0 Å². The molecule has 1 saturated carbocycles. The van der Waals surface area contributed by atoms with E-state index in [1.807, 2.05) is 0 Å². The summed E-state index contributed by atoms with van der Waals surface area (Å²) in [5.74, 6) is 0. The first-order valence-corrected chi connectivity index (χ1v) is 6.13. The van der Waals surface area contributed by atoms with Crippen LogP contribution in [-0.2, 0) is 13.0 Å². The number of thiazole rings is 1. The van der Waals surface area contributed by atoms with Gasteiger partial charge in [0.05, 0.1) is 10.7 Å². The SMILES string of the molecule is NCCc1nc(CNC2CCC2)cs1. The van der Waals surface area contributed by atoms with Gasteiger partial charge in [0.25, 0.3) is 0 Å². The highest BCUT2D eigenvalue weighted by Gasteiger charge is 2.16. The fourth-order valence-corrected chi connectivity index (χ4v) is 2.34. The van der Waals surface area contributed by atoms with Gasteiger partial charge in [-0.1, -0.05) is 6.42 Å². The molecule has 0 aliphatic heterocycles. The Morgan fingerprint density at radius 1 is 1.57 bits per heavy atom. The molecule has 0 atom stereocenters. The summed E-state index contributed by atoms with van der Waals surface area (Å²) in [5.41, 5.74) is 6.65. The highest BCUT2D eigenvalue weighted by Crippen LogP contribution is 2.18. The molecule has 0 amide bonds. The van der Waals surface area contributed by atoms with Gasteiger partial charge in [0.2, 0.25) is 0 Å². The minimum atomic E-state index is 0.697. The lowest BCUT2D eigenvalue weighted by Gasteiger charge is -2.26. The van der Waals surface area contributed by atoms with Crippen molar-refractivity contribution >= 4 is 11.3 Å². The predicted octanol–water partition coefficient (Wildman–Crippen LogP) is 1.29. The van der Waals surface area contributed by atoms with Crippen LogP contribution >= 0.6 is 11.3 Å². The molecule has 1 aliphatic rings. The van der Waals surface area contributed by atoms with Crippen molar-refractivity contribution in [1.29, 1.82) is 0 Å². The molecule has 3 nitrogen and oxygen atoms in total. The summed E-state index contributed by atoms with van der Waals surface area (Å²) < 4.78 is 0. The van der Waals surface area contributed by atoms with Crippen LogP contribution in [0.5, 0.6) is 0 Å². The van der Waals surface area contributed by atoms with Crippen molar-refractivity contribution in [2.75, 3.05) is 6.54 Å². The van der Waals surface area contributed by atoms with Gasteiger partial charge in [0.15, 0.2) is 0 Å². The number of hydrogen-bond donors (Lipinski definition) is 2. The summed E-state index contributed by atoms with van der Waals surface area (Å²) in [4.78, 5) is 4.51. The van der Waals surface area contributed by atoms with Crippen LogP contribution in [0.1, 0.15) is 30.0 Å². The van der Waals surface area contributed by atoms with Crippen molar-refractivity contribution in [3.05, 3.63) is 16.1 Å². The monoisotopic (exact) mass is 211 g/mol.